The summed E-state index contributed by atoms with van der Waals surface area (Å²) in [5.41, 5.74) is 3.71. The smallest absolute Gasteiger partial charge is 0.320 e. The van der Waals surface area contributed by atoms with Gasteiger partial charge in [0.1, 0.15) is 6.04 Å². The van der Waals surface area contributed by atoms with E-state index in [9.17, 15) is 9.90 Å². The summed E-state index contributed by atoms with van der Waals surface area (Å²) in [6.07, 6.45) is 1.65. The maximum atomic E-state index is 11.9. The first-order valence-corrected chi connectivity index (χ1v) is 10.5. The van der Waals surface area contributed by atoms with Crippen molar-refractivity contribution < 1.29 is 9.90 Å². The van der Waals surface area contributed by atoms with E-state index in [2.05, 4.69) is 72.7 Å². The molecule has 27 heavy (non-hydrogen) atoms. The molecule has 1 aromatic heterocycles. The highest BCUT2D eigenvalue weighted by molar-refractivity contribution is 7.17. The van der Waals surface area contributed by atoms with Gasteiger partial charge in [-0.15, -0.1) is 11.3 Å². The summed E-state index contributed by atoms with van der Waals surface area (Å²) in [6.45, 7) is 5.21. The van der Waals surface area contributed by atoms with Gasteiger partial charge in [0.15, 0.2) is 0 Å². The van der Waals surface area contributed by atoms with Crippen LogP contribution in [0.25, 0.3) is 10.1 Å². The van der Waals surface area contributed by atoms with Crippen molar-refractivity contribution in [2.45, 2.75) is 44.7 Å². The lowest BCUT2D eigenvalue weighted by atomic mass is 9.93. The molecule has 0 radical (unpaired) electrons. The van der Waals surface area contributed by atoms with Gasteiger partial charge in [0.05, 0.1) is 6.04 Å². The van der Waals surface area contributed by atoms with Gasteiger partial charge in [0.2, 0.25) is 0 Å². The number of nitrogens with zero attached hydrogens (tertiary/aromatic N) is 1. The van der Waals surface area contributed by atoms with Gasteiger partial charge >= 0.3 is 5.97 Å². The number of aliphatic carboxylic acids is 1. The number of benzene rings is 2. The Kier molecular flexibility index (Phi) is 5.02. The van der Waals surface area contributed by atoms with E-state index in [0.29, 0.717) is 5.92 Å². The number of carbonyl (C=O) groups is 1. The average molecular weight is 380 g/mol. The molecule has 140 valence electrons. The van der Waals surface area contributed by atoms with Crippen LogP contribution >= 0.6 is 11.3 Å². The van der Waals surface area contributed by atoms with Crippen LogP contribution in [0, 0.1) is 0 Å². The zero-order valence-corrected chi connectivity index (χ0v) is 16.6. The first kappa shape index (κ1) is 18.2. The number of rotatable bonds is 5. The van der Waals surface area contributed by atoms with Gasteiger partial charge in [0.25, 0.3) is 0 Å². The highest BCUT2D eigenvalue weighted by Gasteiger charge is 2.37. The molecule has 2 atom stereocenters. The Morgan fingerprint density at radius 3 is 2.52 bits per heavy atom. The van der Waals surface area contributed by atoms with Gasteiger partial charge in [-0.3, -0.25) is 9.69 Å². The highest BCUT2D eigenvalue weighted by Crippen LogP contribution is 2.40. The molecule has 1 N–H and O–H groups in total. The maximum Gasteiger partial charge on any atom is 0.320 e. The van der Waals surface area contributed by atoms with Crippen LogP contribution in [0.2, 0.25) is 0 Å². The summed E-state index contributed by atoms with van der Waals surface area (Å²) in [6, 6.07) is 16.7. The Hall–Kier alpha value is -2.17. The predicted octanol–water partition coefficient (Wildman–Crippen LogP) is 5.66. The standard InChI is InChI=1S/C23H25NO2S/c1-15(2)16-9-11-17(12-10-16)22(24-13-5-7-20(24)23(25)26)19-14-27-21-8-4-3-6-18(19)21/h3-4,6,8-12,14-15,20,22H,5,7,13H2,1-2H3,(H,25,26). The van der Waals surface area contributed by atoms with E-state index in [0.717, 1.165) is 19.4 Å². The van der Waals surface area contributed by atoms with Crippen molar-refractivity contribution in [3.8, 4) is 0 Å². The van der Waals surface area contributed by atoms with Gasteiger partial charge in [-0.05, 0) is 52.3 Å². The third-order valence-electron chi connectivity index (χ3n) is 5.64. The minimum absolute atomic E-state index is 0.0223. The number of carboxylic acid groups (broad SMARTS) is 1. The molecule has 1 aliphatic rings. The number of carboxylic acids is 1. The molecule has 1 fully saturated rings. The van der Waals surface area contributed by atoms with Crippen molar-refractivity contribution in [3.05, 3.63) is 70.6 Å². The quantitative estimate of drug-likeness (QED) is 0.621. The summed E-state index contributed by atoms with van der Waals surface area (Å²) in [5.74, 6) is -0.228. The molecule has 0 amide bonds. The average Bonchev–Trinajstić information content (AvgIpc) is 3.31. The van der Waals surface area contributed by atoms with Crippen molar-refractivity contribution in [2.75, 3.05) is 6.54 Å². The largest absolute Gasteiger partial charge is 0.480 e. The molecule has 2 aromatic carbocycles. The molecule has 1 saturated heterocycles. The van der Waals surface area contributed by atoms with E-state index in [1.807, 2.05) is 0 Å². The summed E-state index contributed by atoms with van der Waals surface area (Å²) in [5, 5.41) is 13.2. The fraction of sp³-hybridized carbons (Fsp3) is 0.348. The first-order chi connectivity index (χ1) is 13.1. The fourth-order valence-corrected chi connectivity index (χ4v) is 5.17. The Morgan fingerprint density at radius 2 is 1.81 bits per heavy atom. The third kappa shape index (κ3) is 3.40. The Morgan fingerprint density at radius 1 is 1.11 bits per heavy atom. The third-order valence-corrected chi connectivity index (χ3v) is 6.62. The van der Waals surface area contributed by atoms with Crippen LogP contribution in [0.5, 0.6) is 0 Å². The van der Waals surface area contributed by atoms with Crippen LogP contribution in [0.1, 0.15) is 55.3 Å². The zero-order valence-electron chi connectivity index (χ0n) is 15.8. The van der Waals surface area contributed by atoms with Gasteiger partial charge in [-0.2, -0.15) is 0 Å². The molecule has 2 unspecified atom stereocenters. The van der Waals surface area contributed by atoms with Crippen molar-refractivity contribution in [3.63, 3.8) is 0 Å². The molecule has 1 aliphatic heterocycles. The van der Waals surface area contributed by atoms with Crippen LogP contribution < -0.4 is 0 Å². The van der Waals surface area contributed by atoms with E-state index in [-0.39, 0.29) is 6.04 Å². The van der Waals surface area contributed by atoms with Crippen LogP contribution in [0.3, 0.4) is 0 Å². The second-order valence-electron chi connectivity index (χ2n) is 7.65. The summed E-state index contributed by atoms with van der Waals surface area (Å²) in [7, 11) is 0. The number of hydrogen-bond donors (Lipinski definition) is 1. The predicted molar refractivity (Wildman–Crippen MR) is 112 cm³/mol. The van der Waals surface area contributed by atoms with Crippen LogP contribution in [-0.4, -0.2) is 28.6 Å². The summed E-state index contributed by atoms with van der Waals surface area (Å²) < 4.78 is 1.25. The highest BCUT2D eigenvalue weighted by atomic mass is 32.1. The lowest BCUT2D eigenvalue weighted by Gasteiger charge is -2.32. The van der Waals surface area contributed by atoms with Gasteiger partial charge in [-0.25, -0.2) is 0 Å². The van der Waals surface area contributed by atoms with Gasteiger partial charge in [-0.1, -0.05) is 56.3 Å². The molecule has 0 bridgehead atoms. The molecule has 0 spiro atoms. The lowest BCUT2D eigenvalue weighted by Crippen LogP contribution is -2.39. The van der Waals surface area contributed by atoms with Crippen molar-refractivity contribution in [1.82, 2.24) is 4.90 Å². The summed E-state index contributed by atoms with van der Waals surface area (Å²) in [4.78, 5) is 14.1. The minimum atomic E-state index is -0.712. The second-order valence-corrected chi connectivity index (χ2v) is 8.56. The van der Waals surface area contributed by atoms with Crippen molar-refractivity contribution in [1.29, 1.82) is 0 Å². The van der Waals surface area contributed by atoms with Crippen molar-refractivity contribution in [2.24, 2.45) is 0 Å². The van der Waals surface area contributed by atoms with E-state index >= 15 is 0 Å². The molecular weight excluding hydrogens is 354 g/mol. The maximum absolute atomic E-state index is 11.9. The molecule has 4 heteroatoms. The molecule has 0 saturated carbocycles. The van der Waals surface area contributed by atoms with Gasteiger partial charge < -0.3 is 5.11 Å². The Labute approximate surface area is 164 Å². The minimum Gasteiger partial charge on any atom is -0.480 e. The lowest BCUT2D eigenvalue weighted by molar-refractivity contribution is -0.142. The van der Waals surface area contributed by atoms with E-state index in [1.54, 1.807) is 11.3 Å². The normalized spacial score (nSPS) is 19.0. The van der Waals surface area contributed by atoms with Gasteiger partial charge in [0, 0.05) is 11.2 Å². The van der Waals surface area contributed by atoms with Crippen LogP contribution in [-0.2, 0) is 4.79 Å². The topological polar surface area (TPSA) is 40.5 Å². The Bertz CT molecular complexity index is 944. The van der Waals surface area contributed by atoms with E-state index in [4.69, 9.17) is 0 Å². The fourth-order valence-electron chi connectivity index (χ4n) is 4.19. The molecule has 3 aromatic rings. The second kappa shape index (κ2) is 7.45. The van der Waals surface area contributed by atoms with Crippen LogP contribution in [0.4, 0.5) is 0 Å². The SMILES string of the molecule is CC(C)c1ccc(C(c2csc3ccccc23)N2CCCC2C(=O)O)cc1. The number of likely N-dealkylation sites (tertiary alicyclic amines) is 1. The molecule has 4 rings (SSSR count). The van der Waals surface area contributed by atoms with Crippen LogP contribution in [0.15, 0.2) is 53.9 Å². The number of fused-ring (bicyclic) bond motifs is 1. The van der Waals surface area contributed by atoms with E-state index in [1.165, 1.54) is 26.8 Å². The summed E-state index contributed by atoms with van der Waals surface area (Å²) >= 11 is 1.74. The molecule has 0 aliphatic carbocycles. The zero-order chi connectivity index (χ0) is 19.0. The number of thiophene rings is 1. The molecular formula is C23H25NO2S. The van der Waals surface area contributed by atoms with Crippen molar-refractivity contribution >= 4 is 27.4 Å². The number of hydrogen-bond acceptors (Lipinski definition) is 3. The Balaban J connectivity index is 1.83. The monoisotopic (exact) mass is 379 g/mol. The molecule has 2 heterocycles. The first-order valence-electron chi connectivity index (χ1n) is 9.61. The van der Waals surface area contributed by atoms with E-state index < -0.39 is 12.0 Å². The molecule has 3 nitrogen and oxygen atoms in total.